The van der Waals surface area contributed by atoms with Crippen molar-refractivity contribution < 1.29 is 28.4 Å². The fourth-order valence-electron chi connectivity index (χ4n) is 4.00. The molecule has 0 spiro atoms. The van der Waals surface area contributed by atoms with Crippen LogP contribution in [0.4, 0.5) is 0 Å². The first-order valence-corrected chi connectivity index (χ1v) is 10.0. The third-order valence-electron chi connectivity index (χ3n) is 5.58. The molecule has 2 rings (SSSR count). The Morgan fingerprint density at radius 2 is 1.67 bits per heavy atom. The van der Waals surface area contributed by atoms with Crippen LogP contribution in [-0.4, -0.2) is 37.7 Å². The molecule has 0 aliphatic heterocycles. The van der Waals surface area contributed by atoms with Crippen LogP contribution >= 0.6 is 8.46 Å². The molecule has 1 aliphatic carbocycles. The summed E-state index contributed by atoms with van der Waals surface area (Å²) in [6.07, 6.45) is 3.42. The Morgan fingerprint density at radius 3 is 2.11 bits per heavy atom. The summed E-state index contributed by atoms with van der Waals surface area (Å²) in [7, 11) is 2.54. The van der Waals surface area contributed by atoms with Gasteiger partial charge >= 0.3 is 5.97 Å². The minimum absolute atomic E-state index is 0.159. The zero-order valence-corrected chi connectivity index (χ0v) is 17.3. The van der Waals surface area contributed by atoms with Gasteiger partial charge in [0.15, 0.2) is 19.4 Å². The Hall–Kier alpha value is -1.94. The van der Waals surface area contributed by atoms with Gasteiger partial charge in [-0.15, -0.1) is 0 Å². The Morgan fingerprint density at radius 1 is 1.11 bits per heavy atom. The van der Waals surface area contributed by atoms with Gasteiger partial charge in [0, 0.05) is 0 Å². The first kappa shape index (κ1) is 21.4. The van der Waals surface area contributed by atoms with Crippen molar-refractivity contribution >= 4 is 20.2 Å². The molecule has 7 heteroatoms. The lowest BCUT2D eigenvalue weighted by Crippen LogP contribution is -2.54. The third kappa shape index (κ3) is 3.60. The van der Waals surface area contributed by atoms with Crippen molar-refractivity contribution in [1.29, 1.82) is 0 Å². The molecule has 0 N–H and O–H groups in total. The van der Waals surface area contributed by atoms with Crippen LogP contribution < -0.4 is 9.47 Å². The van der Waals surface area contributed by atoms with Gasteiger partial charge in [0.05, 0.1) is 26.2 Å². The molecule has 0 radical (unpaired) electrons. The fraction of sp³-hybridized carbons (Fsp3) is 0.600. The first-order valence-electron chi connectivity index (χ1n) is 9.19. The molecular weight excluding hydrogens is 367 g/mol. The molecule has 0 heterocycles. The van der Waals surface area contributed by atoms with E-state index in [4.69, 9.17) is 14.2 Å². The lowest BCUT2D eigenvalue weighted by Gasteiger charge is -2.44. The number of ether oxygens (including phenoxy) is 3. The Balaban J connectivity index is 2.69. The Bertz CT molecular complexity index is 688. The monoisotopic (exact) mass is 394 g/mol. The average molecular weight is 394 g/mol. The maximum Gasteiger partial charge on any atom is 0.324 e. The zero-order chi connectivity index (χ0) is 20.1. The molecule has 148 valence electrons. The van der Waals surface area contributed by atoms with Gasteiger partial charge in [-0.1, -0.05) is 25.3 Å². The van der Waals surface area contributed by atoms with E-state index in [9.17, 15) is 14.2 Å². The second-order valence-electron chi connectivity index (χ2n) is 6.89. The van der Waals surface area contributed by atoms with Crippen molar-refractivity contribution in [3.05, 3.63) is 23.8 Å². The van der Waals surface area contributed by atoms with E-state index < -0.39 is 25.0 Å². The number of benzene rings is 1. The number of ketones is 1. The van der Waals surface area contributed by atoms with E-state index in [2.05, 4.69) is 0 Å². The topological polar surface area (TPSA) is 78.9 Å². The lowest BCUT2D eigenvalue weighted by atomic mass is 9.61. The second kappa shape index (κ2) is 8.83. The SMILES string of the molecule is CCOC(=O)C(C)(P=O)C1(C(=O)c2c(OC)cccc2OC)CCCCC1. The van der Waals surface area contributed by atoms with Gasteiger partial charge in [0.2, 0.25) is 0 Å². The summed E-state index contributed by atoms with van der Waals surface area (Å²) < 4.78 is 28.3. The van der Waals surface area contributed by atoms with Crippen LogP contribution in [0.1, 0.15) is 56.3 Å². The molecule has 6 nitrogen and oxygen atoms in total. The van der Waals surface area contributed by atoms with Gasteiger partial charge in [0.1, 0.15) is 17.1 Å². The molecular formula is C20H27O6P. The van der Waals surface area contributed by atoms with Crippen molar-refractivity contribution in [2.24, 2.45) is 5.41 Å². The molecule has 0 saturated heterocycles. The molecule has 1 aromatic carbocycles. The van der Waals surface area contributed by atoms with Crippen LogP contribution in [-0.2, 0) is 14.1 Å². The van der Waals surface area contributed by atoms with Crippen LogP contribution in [0.5, 0.6) is 11.5 Å². The highest BCUT2D eigenvalue weighted by Gasteiger charge is 2.60. The number of Topliss-reactive ketones (excluding diaryl/α,β-unsaturated/α-hetero) is 1. The summed E-state index contributed by atoms with van der Waals surface area (Å²) in [4.78, 5) is 26.7. The average Bonchev–Trinajstić information content (AvgIpc) is 2.72. The zero-order valence-electron chi connectivity index (χ0n) is 16.4. The summed E-state index contributed by atoms with van der Waals surface area (Å²) in [5.41, 5.74) is -0.869. The van der Waals surface area contributed by atoms with Crippen molar-refractivity contribution in [3.63, 3.8) is 0 Å². The number of hydrogen-bond acceptors (Lipinski definition) is 6. The van der Waals surface area contributed by atoms with Crippen LogP contribution in [0, 0.1) is 5.41 Å². The van der Waals surface area contributed by atoms with Crippen molar-refractivity contribution in [2.45, 2.75) is 51.1 Å². The van der Waals surface area contributed by atoms with Crippen LogP contribution in [0.2, 0.25) is 0 Å². The van der Waals surface area contributed by atoms with Gasteiger partial charge < -0.3 is 14.2 Å². The summed E-state index contributed by atoms with van der Waals surface area (Å²) in [6.45, 7) is 3.41. The van der Waals surface area contributed by atoms with Crippen molar-refractivity contribution in [3.8, 4) is 11.5 Å². The van der Waals surface area contributed by atoms with Gasteiger partial charge in [-0.05, 0) is 38.8 Å². The molecule has 1 aromatic rings. The molecule has 0 bridgehead atoms. The standard InChI is InChI=1S/C20H27O6P/c1-5-26-18(22)19(2,27-23)20(12-7-6-8-13-20)17(21)16-14(24-3)10-9-11-15(16)25-4/h9-11H,5-8,12-13H2,1-4H3. The molecule has 1 aliphatic rings. The molecule has 0 amide bonds. The van der Waals surface area contributed by atoms with E-state index in [1.165, 1.54) is 14.2 Å². The van der Waals surface area contributed by atoms with E-state index in [1.807, 2.05) is 0 Å². The van der Waals surface area contributed by atoms with E-state index >= 15 is 0 Å². The Kier molecular flexibility index (Phi) is 6.99. The van der Waals surface area contributed by atoms with E-state index in [1.54, 1.807) is 32.0 Å². The van der Waals surface area contributed by atoms with Crippen LogP contribution in [0.3, 0.4) is 0 Å². The predicted molar refractivity (Wildman–Crippen MR) is 102 cm³/mol. The molecule has 1 saturated carbocycles. The van der Waals surface area contributed by atoms with Crippen LogP contribution in [0.25, 0.3) is 0 Å². The smallest absolute Gasteiger partial charge is 0.324 e. The number of carbonyl (C=O) groups excluding carboxylic acids is 2. The van der Waals surface area contributed by atoms with Crippen molar-refractivity contribution in [2.75, 3.05) is 20.8 Å². The summed E-state index contributed by atoms with van der Waals surface area (Å²) in [6, 6.07) is 5.10. The quantitative estimate of drug-likeness (QED) is 0.368. The Labute approximate surface area is 161 Å². The molecule has 1 atom stereocenters. The van der Waals surface area contributed by atoms with Gasteiger partial charge in [-0.25, -0.2) is 0 Å². The number of esters is 1. The number of carbonyl (C=O) groups is 2. The highest BCUT2D eigenvalue weighted by molar-refractivity contribution is 7.28. The first-order chi connectivity index (χ1) is 12.9. The number of hydrogen-bond donors (Lipinski definition) is 0. The highest BCUT2D eigenvalue weighted by atomic mass is 31.1. The molecule has 0 aromatic heterocycles. The van der Waals surface area contributed by atoms with Crippen LogP contribution in [0.15, 0.2) is 18.2 Å². The van der Waals surface area contributed by atoms with E-state index in [0.29, 0.717) is 24.3 Å². The number of methoxy groups -OCH3 is 2. The fourth-order valence-corrected chi connectivity index (χ4v) is 4.64. The summed E-state index contributed by atoms with van der Waals surface area (Å²) in [5, 5.41) is -1.48. The van der Waals surface area contributed by atoms with Gasteiger partial charge in [-0.2, -0.15) is 0 Å². The lowest BCUT2D eigenvalue weighted by molar-refractivity contribution is -0.149. The molecule has 1 fully saturated rings. The van der Waals surface area contributed by atoms with Gasteiger partial charge in [-0.3, -0.25) is 14.2 Å². The molecule has 27 heavy (non-hydrogen) atoms. The van der Waals surface area contributed by atoms with E-state index in [-0.39, 0.29) is 18.0 Å². The summed E-state index contributed by atoms with van der Waals surface area (Å²) in [5.74, 6) is -0.155. The normalized spacial score (nSPS) is 18.4. The largest absolute Gasteiger partial charge is 0.496 e. The van der Waals surface area contributed by atoms with E-state index in [0.717, 1.165) is 19.3 Å². The minimum atomic E-state index is -1.48. The third-order valence-corrected chi connectivity index (χ3v) is 6.56. The van der Waals surface area contributed by atoms with Crippen molar-refractivity contribution in [1.82, 2.24) is 0 Å². The van der Waals surface area contributed by atoms with Gasteiger partial charge in [0.25, 0.3) is 0 Å². The summed E-state index contributed by atoms with van der Waals surface area (Å²) >= 11 is 0. The minimum Gasteiger partial charge on any atom is -0.496 e. The molecule has 1 unspecified atom stereocenters. The highest BCUT2D eigenvalue weighted by Crippen LogP contribution is 2.55. The maximum absolute atomic E-state index is 13.9. The predicted octanol–water partition coefficient (Wildman–Crippen LogP) is 4.45. The maximum atomic E-state index is 13.9. The number of rotatable bonds is 8. The second-order valence-corrected chi connectivity index (χ2v) is 7.97.